The first kappa shape index (κ1) is 25.3. The van der Waals surface area contributed by atoms with Gasteiger partial charge in [0.25, 0.3) is 5.91 Å². The molecule has 2 aromatic rings. The summed E-state index contributed by atoms with van der Waals surface area (Å²) >= 11 is 12.1. The Morgan fingerprint density at radius 2 is 1.85 bits per heavy atom. The van der Waals surface area contributed by atoms with Gasteiger partial charge in [-0.15, -0.1) is 0 Å². The summed E-state index contributed by atoms with van der Waals surface area (Å²) in [7, 11) is 0. The van der Waals surface area contributed by atoms with Gasteiger partial charge in [-0.3, -0.25) is 9.69 Å². The number of benzene rings is 2. The predicted molar refractivity (Wildman–Crippen MR) is 131 cm³/mol. The first-order valence-corrected chi connectivity index (χ1v) is 11.8. The first-order valence-electron chi connectivity index (χ1n) is 11.0. The molecule has 3 amide bonds. The van der Waals surface area contributed by atoms with Crippen LogP contribution in [0.15, 0.2) is 36.4 Å². The van der Waals surface area contributed by atoms with Gasteiger partial charge in [-0.05, 0) is 48.7 Å². The van der Waals surface area contributed by atoms with E-state index in [2.05, 4.69) is 20.9 Å². The van der Waals surface area contributed by atoms with Crippen LogP contribution in [0.1, 0.15) is 34.0 Å². The standard InChI is InChI=1S/C24H30Cl2N4O3/c1-3-27-23(31)20-10-17(5-4-16(20)2)12-28-24(32)29-13-19-15-30(8-9-33-19)14-18-6-7-21(25)22(26)11-18/h4-7,10-11,19H,3,8-9,12-15H2,1-2H3,(H,27,31)(H2,28,29,32)/t19-/m0/s1. The van der Waals surface area contributed by atoms with Gasteiger partial charge < -0.3 is 20.7 Å². The molecule has 33 heavy (non-hydrogen) atoms. The van der Waals surface area contributed by atoms with Gasteiger partial charge in [-0.25, -0.2) is 4.79 Å². The molecule has 0 unspecified atom stereocenters. The third-order valence-corrected chi connectivity index (χ3v) is 6.18. The molecule has 1 heterocycles. The minimum Gasteiger partial charge on any atom is -0.374 e. The fourth-order valence-electron chi connectivity index (χ4n) is 3.67. The molecule has 0 aliphatic carbocycles. The molecule has 0 spiro atoms. The normalized spacial score (nSPS) is 16.3. The largest absolute Gasteiger partial charge is 0.374 e. The zero-order valence-corrected chi connectivity index (χ0v) is 20.4. The Morgan fingerprint density at radius 3 is 2.61 bits per heavy atom. The number of nitrogens with one attached hydrogen (secondary N) is 3. The van der Waals surface area contributed by atoms with Crippen molar-refractivity contribution >= 4 is 35.1 Å². The molecule has 178 valence electrons. The van der Waals surface area contributed by atoms with E-state index in [1.807, 2.05) is 44.2 Å². The fraction of sp³-hybridized carbons (Fsp3) is 0.417. The Labute approximate surface area is 204 Å². The number of nitrogens with zero attached hydrogens (tertiary/aromatic N) is 1. The second kappa shape index (κ2) is 12.2. The van der Waals surface area contributed by atoms with E-state index < -0.39 is 0 Å². The number of ether oxygens (including phenoxy) is 1. The van der Waals surface area contributed by atoms with Gasteiger partial charge in [0.1, 0.15) is 0 Å². The minimum atomic E-state index is -0.277. The zero-order chi connectivity index (χ0) is 23.8. The van der Waals surface area contributed by atoms with E-state index in [1.54, 1.807) is 6.07 Å². The molecule has 0 radical (unpaired) electrons. The lowest BCUT2D eigenvalue weighted by atomic mass is 10.0. The highest BCUT2D eigenvalue weighted by Crippen LogP contribution is 2.23. The van der Waals surface area contributed by atoms with Crippen molar-refractivity contribution in [3.63, 3.8) is 0 Å². The number of urea groups is 1. The number of carbonyl (C=O) groups is 2. The molecule has 3 rings (SSSR count). The molecule has 0 saturated carbocycles. The van der Waals surface area contributed by atoms with Crippen molar-refractivity contribution in [2.45, 2.75) is 33.0 Å². The van der Waals surface area contributed by atoms with Crippen molar-refractivity contribution in [3.05, 3.63) is 68.7 Å². The highest BCUT2D eigenvalue weighted by molar-refractivity contribution is 6.42. The van der Waals surface area contributed by atoms with Crippen LogP contribution in [0.2, 0.25) is 10.0 Å². The summed E-state index contributed by atoms with van der Waals surface area (Å²) in [5.74, 6) is -0.110. The lowest BCUT2D eigenvalue weighted by Gasteiger charge is -2.33. The van der Waals surface area contributed by atoms with E-state index in [1.165, 1.54) is 0 Å². The number of hydrogen-bond donors (Lipinski definition) is 3. The monoisotopic (exact) mass is 492 g/mol. The molecule has 1 saturated heterocycles. The van der Waals surface area contributed by atoms with Crippen LogP contribution in [0.3, 0.4) is 0 Å². The number of amides is 3. The number of carbonyl (C=O) groups excluding carboxylic acids is 2. The molecule has 1 atom stereocenters. The van der Waals surface area contributed by atoms with E-state index in [0.717, 1.165) is 29.8 Å². The Morgan fingerprint density at radius 1 is 1.06 bits per heavy atom. The topological polar surface area (TPSA) is 82.7 Å². The number of halogens is 2. The summed E-state index contributed by atoms with van der Waals surface area (Å²) in [6.45, 7) is 7.92. The van der Waals surface area contributed by atoms with E-state index in [-0.39, 0.29) is 18.0 Å². The van der Waals surface area contributed by atoms with Crippen molar-refractivity contribution < 1.29 is 14.3 Å². The van der Waals surface area contributed by atoms with Gasteiger partial charge in [0.15, 0.2) is 0 Å². The van der Waals surface area contributed by atoms with Gasteiger partial charge in [-0.1, -0.05) is 41.4 Å². The lowest BCUT2D eigenvalue weighted by Crippen LogP contribution is -2.48. The summed E-state index contributed by atoms with van der Waals surface area (Å²) < 4.78 is 5.80. The number of aryl methyl sites for hydroxylation is 1. The van der Waals surface area contributed by atoms with Crippen molar-refractivity contribution in [1.82, 2.24) is 20.9 Å². The van der Waals surface area contributed by atoms with Crippen LogP contribution >= 0.6 is 23.2 Å². The second-order valence-electron chi connectivity index (χ2n) is 8.05. The van der Waals surface area contributed by atoms with Gasteiger partial charge in [-0.2, -0.15) is 0 Å². The third kappa shape index (κ3) is 7.61. The molecule has 2 aromatic carbocycles. The smallest absolute Gasteiger partial charge is 0.315 e. The van der Waals surface area contributed by atoms with Crippen molar-refractivity contribution in [1.29, 1.82) is 0 Å². The van der Waals surface area contributed by atoms with Crippen molar-refractivity contribution in [3.8, 4) is 0 Å². The quantitative estimate of drug-likeness (QED) is 0.523. The molecule has 7 nitrogen and oxygen atoms in total. The molecular formula is C24H30Cl2N4O3. The average molecular weight is 493 g/mol. The Kier molecular flexibility index (Phi) is 9.38. The van der Waals surface area contributed by atoms with Crippen LogP contribution in [0.5, 0.6) is 0 Å². The first-order chi connectivity index (χ1) is 15.9. The van der Waals surface area contributed by atoms with Crippen LogP contribution in [0.4, 0.5) is 4.79 Å². The minimum absolute atomic E-state index is 0.101. The van der Waals surface area contributed by atoms with Crippen LogP contribution in [0, 0.1) is 6.92 Å². The van der Waals surface area contributed by atoms with E-state index in [9.17, 15) is 9.59 Å². The molecule has 9 heteroatoms. The summed E-state index contributed by atoms with van der Waals surface area (Å²) in [6.07, 6.45) is -0.101. The number of hydrogen-bond acceptors (Lipinski definition) is 4. The Balaban J connectivity index is 1.44. The van der Waals surface area contributed by atoms with E-state index >= 15 is 0 Å². The van der Waals surface area contributed by atoms with Crippen LogP contribution in [-0.2, 0) is 17.8 Å². The van der Waals surface area contributed by atoms with Crippen molar-refractivity contribution in [2.24, 2.45) is 0 Å². The average Bonchev–Trinajstić information content (AvgIpc) is 2.80. The van der Waals surface area contributed by atoms with Crippen LogP contribution in [0.25, 0.3) is 0 Å². The lowest BCUT2D eigenvalue weighted by molar-refractivity contribution is -0.0287. The summed E-state index contributed by atoms with van der Waals surface area (Å²) in [5, 5.41) is 9.61. The molecule has 0 bridgehead atoms. The highest BCUT2D eigenvalue weighted by Gasteiger charge is 2.21. The molecule has 1 aliphatic heterocycles. The number of rotatable bonds is 8. The van der Waals surface area contributed by atoms with Gasteiger partial charge in [0.05, 0.1) is 22.8 Å². The summed E-state index contributed by atoms with van der Waals surface area (Å²) in [4.78, 5) is 26.7. The van der Waals surface area contributed by atoms with Crippen molar-refractivity contribution in [2.75, 3.05) is 32.8 Å². The highest BCUT2D eigenvalue weighted by atomic mass is 35.5. The molecule has 0 aromatic heterocycles. The van der Waals surface area contributed by atoms with E-state index in [0.29, 0.717) is 48.4 Å². The maximum atomic E-state index is 12.3. The Hall–Kier alpha value is -2.32. The van der Waals surface area contributed by atoms with Gasteiger partial charge >= 0.3 is 6.03 Å². The maximum Gasteiger partial charge on any atom is 0.315 e. The third-order valence-electron chi connectivity index (χ3n) is 5.44. The number of morpholine rings is 1. The molecule has 1 aliphatic rings. The molecule has 3 N–H and O–H groups in total. The predicted octanol–water partition coefficient (Wildman–Crippen LogP) is 3.75. The van der Waals surface area contributed by atoms with Crippen LogP contribution in [-0.4, -0.2) is 55.7 Å². The molecular weight excluding hydrogens is 463 g/mol. The zero-order valence-electron chi connectivity index (χ0n) is 18.9. The van der Waals surface area contributed by atoms with Crippen LogP contribution < -0.4 is 16.0 Å². The van der Waals surface area contributed by atoms with Gasteiger partial charge in [0, 0.05) is 44.8 Å². The SMILES string of the molecule is CCNC(=O)c1cc(CNC(=O)NC[C@H]2CN(Cc3ccc(Cl)c(Cl)c3)CCO2)ccc1C. The summed E-state index contributed by atoms with van der Waals surface area (Å²) in [6, 6.07) is 11.0. The van der Waals surface area contributed by atoms with Gasteiger partial charge in [0.2, 0.25) is 0 Å². The maximum absolute atomic E-state index is 12.3. The van der Waals surface area contributed by atoms with E-state index in [4.69, 9.17) is 27.9 Å². The molecule has 1 fully saturated rings. The second-order valence-corrected chi connectivity index (χ2v) is 8.86. The Bertz CT molecular complexity index is 986. The summed E-state index contributed by atoms with van der Waals surface area (Å²) in [5.41, 5.74) is 3.46. The fourth-order valence-corrected chi connectivity index (χ4v) is 4.00.